The van der Waals surface area contributed by atoms with Gasteiger partial charge in [-0.1, -0.05) is 42.5 Å². The normalized spacial score (nSPS) is 18.7. The minimum Gasteiger partial charge on any atom is -0.389 e. The molecule has 5 heteroatoms. The summed E-state index contributed by atoms with van der Waals surface area (Å²) in [6.07, 6.45) is 4.90. The summed E-state index contributed by atoms with van der Waals surface area (Å²) >= 11 is 0. The highest BCUT2D eigenvalue weighted by molar-refractivity contribution is 5.68. The van der Waals surface area contributed by atoms with Crippen LogP contribution in [0.5, 0.6) is 0 Å². The van der Waals surface area contributed by atoms with Gasteiger partial charge < -0.3 is 10.2 Å². The Labute approximate surface area is 176 Å². The summed E-state index contributed by atoms with van der Waals surface area (Å²) < 4.78 is 14.8. The van der Waals surface area contributed by atoms with Crippen LogP contribution in [0.15, 0.2) is 73.1 Å². The summed E-state index contributed by atoms with van der Waals surface area (Å²) in [5, 5.41) is 22.6. The molecule has 2 heterocycles. The third kappa shape index (κ3) is 4.15. The Morgan fingerprint density at radius 1 is 1.00 bits per heavy atom. The monoisotopic (exact) mass is 406 g/mol. The molecule has 4 nitrogen and oxygen atoms in total. The number of rotatable bonds is 5. The molecule has 1 unspecified atom stereocenters. The van der Waals surface area contributed by atoms with Crippen LogP contribution in [0, 0.1) is 5.82 Å². The van der Waals surface area contributed by atoms with Crippen LogP contribution < -0.4 is 0 Å². The van der Waals surface area contributed by atoms with E-state index in [9.17, 15) is 14.6 Å². The lowest BCUT2D eigenvalue weighted by Crippen LogP contribution is -2.53. The van der Waals surface area contributed by atoms with Gasteiger partial charge in [-0.3, -0.25) is 9.88 Å². The molecular weight excluding hydrogens is 379 g/mol. The maximum atomic E-state index is 14.8. The van der Waals surface area contributed by atoms with Gasteiger partial charge in [-0.15, -0.1) is 0 Å². The molecule has 0 radical (unpaired) electrons. The van der Waals surface area contributed by atoms with Crippen molar-refractivity contribution in [3.05, 3.63) is 90.0 Å². The van der Waals surface area contributed by atoms with Gasteiger partial charge in [0.1, 0.15) is 11.5 Å². The second-order valence-corrected chi connectivity index (χ2v) is 8.29. The lowest BCUT2D eigenvalue weighted by Gasteiger charge is -2.45. The van der Waals surface area contributed by atoms with Crippen molar-refractivity contribution in [1.82, 2.24) is 9.88 Å². The summed E-state index contributed by atoms with van der Waals surface area (Å²) in [4.78, 5) is 5.93. The number of pyridine rings is 1. The lowest BCUT2D eigenvalue weighted by atomic mass is 9.83. The second kappa shape index (κ2) is 8.26. The van der Waals surface area contributed by atoms with E-state index in [0.717, 1.165) is 5.56 Å². The number of hydrogen-bond acceptors (Lipinski definition) is 4. The first-order valence-corrected chi connectivity index (χ1v) is 10.3. The van der Waals surface area contributed by atoms with E-state index in [0.29, 0.717) is 49.0 Å². The highest BCUT2D eigenvalue weighted by Crippen LogP contribution is 2.38. The first-order chi connectivity index (χ1) is 14.4. The molecule has 1 atom stereocenters. The van der Waals surface area contributed by atoms with Gasteiger partial charge in [0.25, 0.3) is 0 Å². The molecule has 2 aromatic carbocycles. The molecule has 156 valence electrons. The Bertz CT molecular complexity index is 985. The molecule has 1 aliphatic heterocycles. The molecule has 0 bridgehead atoms. The zero-order valence-electron chi connectivity index (χ0n) is 17.1. The molecule has 1 saturated heterocycles. The van der Waals surface area contributed by atoms with E-state index in [-0.39, 0.29) is 5.82 Å². The van der Waals surface area contributed by atoms with Crippen molar-refractivity contribution in [2.75, 3.05) is 13.1 Å². The number of nitrogens with zero attached hydrogens (tertiary/aromatic N) is 2. The van der Waals surface area contributed by atoms with E-state index < -0.39 is 11.3 Å². The van der Waals surface area contributed by atoms with Crippen LogP contribution in [0.2, 0.25) is 0 Å². The second-order valence-electron chi connectivity index (χ2n) is 8.29. The first kappa shape index (κ1) is 20.7. The van der Waals surface area contributed by atoms with Gasteiger partial charge in [0.15, 0.2) is 0 Å². The highest BCUT2D eigenvalue weighted by Gasteiger charge is 2.40. The number of likely N-dealkylation sites (tertiary alicyclic amines) is 1. The molecule has 1 fully saturated rings. The smallest absolute Gasteiger partial charge is 0.142 e. The minimum atomic E-state index is -1.37. The van der Waals surface area contributed by atoms with Gasteiger partial charge >= 0.3 is 0 Å². The van der Waals surface area contributed by atoms with Crippen molar-refractivity contribution in [2.24, 2.45) is 0 Å². The molecule has 3 aromatic rings. The number of halogens is 1. The number of piperidine rings is 1. The number of benzene rings is 2. The molecule has 0 amide bonds. The van der Waals surface area contributed by atoms with E-state index in [1.807, 2.05) is 35.2 Å². The lowest BCUT2D eigenvalue weighted by molar-refractivity contribution is -0.137. The molecule has 0 saturated carbocycles. The van der Waals surface area contributed by atoms with Crippen LogP contribution in [-0.2, 0) is 12.1 Å². The molecule has 30 heavy (non-hydrogen) atoms. The average Bonchev–Trinajstić information content (AvgIpc) is 2.75. The van der Waals surface area contributed by atoms with Crippen LogP contribution in [0.4, 0.5) is 4.39 Å². The van der Waals surface area contributed by atoms with Crippen LogP contribution >= 0.6 is 0 Å². The summed E-state index contributed by atoms with van der Waals surface area (Å²) in [5.74, 6) is -0.378. The zero-order chi connectivity index (χ0) is 21.2. The predicted octanol–water partition coefficient (Wildman–Crippen LogP) is 4.12. The first-order valence-electron chi connectivity index (χ1n) is 10.3. The Balaban J connectivity index is 1.57. The van der Waals surface area contributed by atoms with Crippen LogP contribution in [0.25, 0.3) is 11.1 Å². The summed E-state index contributed by atoms with van der Waals surface area (Å²) in [5.41, 5.74) is 0.511. The van der Waals surface area contributed by atoms with E-state index >= 15 is 0 Å². The molecule has 0 aliphatic carbocycles. The molecule has 1 aliphatic rings. The summed E-state index contributed by atoms with van der Waals surface area (Å²) in [6.45, 7) is 2.74. The van der Waals surface area contributed by atoms with Crippen molar-refractivity contribution in [3.63, 3.8) is 0 Å². The Hall–Kier alpha value is -2.60. The third-order valence-corrected chi connectivity index (χ3v) is 6.18. The molecule has 4 rings (SSSR count). The maximum Gasteiger partial charge on any atom is 0.142 e. The number of aliphatic hydroxyl groups is 2. The molecular formula is C25H27FN2O2. The van der Waals surface area contributed by atoms with Crippen molar-refractivity contribution >= 4 is 0 Å². The fourth-order valence-corrected chi connectivity index (χ4v) is 4.41. The van der Waals surface area contributed by atoms with Crippen LogP contribution in [0.1, 0.15) is 30.9 Å². The standard InChI is InChI=1S/C25H27FN2O2/c1-24(29,21-8-5-9-22(26)23(21)20-10-14-27-15-11-20)28-16-12-25(30,13-17-28)18-19-6-3-2-4-7-19/h2-11,14-15,29-30H,12-13,16-18H2,1H3. The molecule has 2 N–H and O–H groups in total. The summed E-state index contributed by atoms with van der Waals surface area (Å²) in [6, 6.07) is 18.2. The SMILES string of the molecule is CC(O)(c1cccc(F)c1-c1ccncc1)N1CCC(O)(Cc2ccccc2)CC1. The predicted molar refractivity (Wildman–Crippen MR) is 115 cm³/mol. The van der Waals surface area contributed by atoms with Crippen molar-refractivity contribution in [1.29, 1.82) is 0 Å². The van der Waals surface area contributed by atoms with Crippen molar-refractivity contribution < 1.29 is 14.6 Å². The topological polar surface area (TPSA) is 56.6 Å². The van der Waals surface area contributed by atoms with Gasteiger partial charge in [0, 0.05) is 43.0 Å². The van der Waals surface area contributed by atoms with Crippen LogP contribution in [-0.4, -0.2) is 38.8 Å². The van der Waals surface area contributed by atoms with Crippen LogP contribution in [0.3, 0.4) is 0 Å². The number of aromatic nitrogens is 1. The Morgan fingerprint density at radius 3 is 2.33 bits per heavy atom. The van der Waals surface area contributed by atoms with E-state index in [1.54, 1.807) is 43.6 Å². The van der Waals surface area contributed by atoms with Gasteiger partial charge in [-0.05, 0) is 49.1 Å². The van der Waals surface area contributed by atoms with Crippen molar-refractivity contribution in [3.8, 4) is 11.1 Å². The fourth-order valence-electron chi connectivity index (χ4n) is 4.41. The minimum absolute atomic E-state index is 0.378. The van der Waals surface area contributed by atoms with E-state index in [1.165, 1.54) is 6.07 Å². The molecule has 0 spiro atoms. The van der Waals surface area contributed by atoms with Gasteiger partial charge in [-0.25, -0.2) is 4.39 Å². The third-order valence-electron chi connectivity index (χ3n) is 6.18. The highest BCUT2D eigenvalue weighted by atomic mass is 19.1. The fraction of sp³-hybridized carbons (Fsp3) is 0.320. The Kier molecular flexibility index (Phi) is 5.69. The van der Waals surface area contributed by atoms with Crippen molar-refractivity contribution in [2.45, 2.75) is 37.5 Å². The number of hydrogen-bond donors (Lipinski definition) is 2. The van der Waals surface area contributed by atoms with Gasteiger partial charge in [0.05, 0.1) is 5.60 Å². The largest absolute Gasteiger partial charge is 0.389 e. The maximum absolute atomic E-state index is 14.8. The Morgan fingerprint density at radius 2 is 1.67 bits per heavy atom. The zero-order valence-corrected chi connectivity index (χ0v) is 17.1. The van der Waals surface area contributed by atoms with E-state index in [4.69, 9.17) is 0 Å². The molecule has 1 aromatic heterocycles. The van der Waals surface area contributed by atoms with Gasteiger partial charge in [0.2, 0.25) is 0 Å². The summed E-state index contributed by atoms with van der Waals surface area (Å²) in [7, 11) is 0. The quantitative estimate of drug-likeness (QED) is 0.669. The average molecular weight is 407 g/mol. The van der Waals surface area contributed by atoms with E-state index in [2.05, 4.69) is 4.98 Å². The van der Waals surface area contributed by atoms with Gasteiger partial charge in [-0.2, -0.15) is 0 Å².